The molecule has 1 aromatic carbocycles. The molecular formula is C12H17N3O. The first kappa shape index (κ1) is 11.0. The Balaban J connectivity index is 1.77. The maximum atomic E-state index is 11.5. The Bertz CT molecular complexity index is 360. The molecule has 0 aromatic heterocycles. The van der Waals surface area contributed by atoms with Crippen molar-refractivity contribution in [2.75, 3.05) is 18.4 Å². The quantitative estimate of drug-likeness (QED) is 0.719. The van der Waals surface area contributed by atoms with Gasteiger partial charge < -0.3 is 16.4 Å². The zero-order chi connectivity index (χ0) is 11.4. The van der Waals surface area contributed by atoms with Crippen molar-refractivity contribution < 1.29 is 4.79 Å². The second-order valence-electron chi connectivity index (χ2n) is 4.38. The van der Waals surface area contributed by atoms with Gasteiger partial charge in [0, 0.05) is 17.6 Å². The molecule has 0 heterocycles. The number of nitrogens with one attached hydrogen (secondary N) is 2. The summed E-state index contributed by atoms with van der Waals surface area (Å²) in [7, 11) is 0. The summed E-state index contributed by atoms with van der Waals surface area (Å²) in [5, 5.41) is 5.63. The first-order chi connectivity index (χ1) is 7.74. The van der Waals surface area contributed by atoms with E-state index in [9.17, 15) is 4.79 Å². The van der Waals surface area contributed by atoms with Crippen molar-refractivity contribution in [1.29, 1.82) is 0 Å². The topological polar surface area (TPSA) is 67.1 Å². The highest BCUT2D eigenvalue weighted by Crippen LogP contribution is 2.43. The van der Waals surface area contributed by atoms with Gasteiger partial charge in [0.25, 0.3) is 0 Å². The lowest BCUT2D eigenvalue weighted by molar-refractivity contribution is 0.249. The van der Waals surface area contributed by atoms with Crippen LogP contribution in [0.1, 0.15) is 12.8 Å². The summed E-state index contributed by atoms with van der Waals surface area (Å²) in [6.45, 7) is 1.32. The van der Waals surface area contributed by atoms with Crippen molar-refractivity contribution in [1.82, 2.24) is 5.32 Å². The smallest absolute Gasteiger partial charge is 0.319 e. The Morgan fingerprint density at radius 3 is 2.56 bits per heavy atom. The number of anilines is 1. The lowest BCUT2D eigenvalue weighted by Crippen LogP contribution is -2.36. The molecule has 4 nitrogen and oxygen atoms in total. The van der Waals surface area contributed by atoms with Gasteiger partial charge in [0.05, 0.1) is 0 Å². The maximum absolute atomic E-state index is 11.5. The van der Waals surface area contributed by atoms with Crippen LogP contribution in [0.5, 0.6) is 0 Å². The Hall–Kier alpha value is -1.55. The number of carbonyl (C=O) groups is 1. The fourth-order valence-corrected chi connectivity index (χ4v) is 1.59. The van der Waals surface area contributed by atoms with Crippen LogP contribution in [-0.4, -0.2) is 19.1 Å². The third kappa shape index (κ3) is 2.73. The molecule has 2 rings (SSSR count). The minimum atomic E-state index is -0.161. The number of urea groups is 1. The van der Waals surface area contributed by atoms with Crippen LogP contribution in [0.3, 0.4) is 0 Å². The van der Waals surface area contributed by atoms with Gasteiger partial charge in [-0.05, 0) is 31.5 Å². The van der Waals surface area contributed by atoms with E-state index in [0.29, 0.717) is 13.1 Å². The fraction of sp³-hybridized carbons (Fsp3) is 0.417. The fourth-order valence-electron chi connectivity index (χ4n) is 1.59. The van der Waals surface area contributed by atoms with Gasteiger partial charge in [-0.3, -0.25) is 0 Å². The lowest BCUT2D eigenvalue weighted by atomic mass is 10.1. The van der Waals surface area contributed by atoms with Crippen molar-refractivity contribution in [3.63, 3.8) is 0 Å². The van der Waals surface area contributed by atoms with Crippen LogP contribution in [0.2, 0.25) is 0 Å². The summed E-state index contributed by atoms with van der Waals surface area (Å²) in [5.41, 5.74) is 6.61. The normalized spacial score (nSPS) is 16.6. The minimum absolute atomic E-state index is 0.161. The van der Waals surface area contributed by atoms with Gasteiger partial charge in [-0.15, -0.1) is 0 Å². The first-order valence-electron chi connectivity index (χ1n) is 5.54. The van der Waals surface area contributed by atoms with Crippen molar-refractivity contribution >= 4 is 11.7 Å². The summed E-state index contributed by atoms with van der Waals surface area (Å²) in [4.78, 5) is 11.5. The highest BCUT2D eigenvalue weighted by molar-refractivity contribution is 5.89. The molecule has 0 spiro atoms. The highest BCUT2D eigenvalue weighted by Gasteiger charge is 2.41. The number of carbonyl (C=O) groups excluding carboxylic acids is 1. The third-order valence-electron chi connectivity index (χ3n) is 3.05. The molecular weight excluding hydrogens is 202 g/mol. The van der Waals surface area contributed by atoms with E-state index in [-0.39, 0.29) is 11.4 Å². The van der Waals surface area contributed by atoms with Crippen molar-refractivity contribution in [2.45, 2.75) is 12.8 Å². The average Bonchev–Trinajstić information content (AvgIpc) is 3.09. The van der Waals surface area contributed by atoms with Gasteiger partial charge in [0.2, 0.25) is 0 Å². The van der Waals surface area contributed by atoms with Gasteiger partial charge in [0.1, 0.15) is 0 Å². The monoisotopic (exact) mass is 219 g/mol. The van der Waals surface area contributed by atoms with E-state index in [0.717, 1.165) is 18.5 Å². The second-order valence-corrected chi connectivity index (χ2v) is 4.38. The van der Waals surface area contributed by atoms with E-state index in [1.54, 1.807) is 0 Å². The highest BCUT2D eigenvalue weighted by atomic mass is 16.2. The standard InChI is InChI=1S/C12H17N3O/c13-8-12(6-7-12)9-14-11(16)15-10-4-2-1-3-5-10/h1-5H,6-9,13H2,(H2,14,15,16). The molecule has 2 amide bonds. The predicted octanol–water partition coefficient (Wildman–Crippen LogP) is 1.55. The van der Waals surface area contributed by atoms with Gasteiger partial charge in [0.15, 0.2) is 0 Å². The summed E-state index contributed by atoms with van der Waals surface area (Å²) in [6, 6.07) is 9.24. The summed E-state index contributed by atoms with van der Waals surface area (Å²) < 4.78 is 0. The summed E-state index contributed by atoms with van der Waals surface area (Å²) in [5.74, 6) is 0. The molecule has 86 valence electrons. The molecule has 0 unspecified atom stereocenters. The Labute approximate surface area is 95.2 Å². The van der Waals surface area contributed by atoms with E-state index in [2.05, 4.69) is 10.6 Å². The Kier molecular flexibility index (Phi) is 3.10. The van der Waals surface area contributed by atoms with Crippen molar-refractivity contribution in [2.24, 2.45) is 11.1 Å². The summed E-state index contributed by atoms with van der Waals surface area (Å²) in [6.07, 6.45) is 2.24. The lowest BCUT2D eigenvalue weighted by Gasteiger charge is -2.13. The van der Waals surface area contributed by atoms with E-state index >= 15 is 0 Å². The zero-order valence-electron chi connectivity index (χ0n) is 9.20. The van der Waals surface area contributed by atoms with Crippen LogP contribution >= 0.6 is 0 Å². The molecule has 1 aliphatic carbocycles. The first-order valence-corrected chi connectivity index (χ1v) is 5.54. The molecule has 4 N–H and O–H groups in total. The molecule has 1 fully saturated rings. The van der Waals surface area contributed by atoms with Gasteiger partial charge in [-0.25, -0.2) is 4.79 Å². The molecule has 0 radical (unpaired) electrons. The molecule has 0 aliphatic heterocycles. The molecule has 1 saturated carbocycles. The summed E-state index contributed by atoms with van der Waals surface area (Å²) >= 11 is 0. The Morgan fingerprint density at radius 1 is 1.31 bits per heavy atom. The van der Waals surface area contributed by atoms with Gasteiger partial charge >= 0.3 is 6.03 Å². The van der Waals surface area contributed by atoms with E-state index < -0.39 is 0 Å². The number of para-hydroxylation sites is 1. The maximum Gasteiger partial charge on any atom is 0.319 e. The predicted molar refractivity (Wildman–Crippen MR) is 64.2 cm³/mol. The van der Waals surface area contributed by atoms with Crippen LogP contribution in [-0.2, 0) is 0 Å². The average molecular weight is 219 g/mol. The van der Waals surface area contributed by atoms with Crippen LogP contribution in [0.15, 0.2) is 30.3 Å². The SMILES string of the molecule is NCC1(CNC(=O)Nc2ccccc2)CC1. The second kappa shape index (κ2) is 4.53. The molecule has 4 heteroatoms. The van der Waals surface area contributed by atoms with Crippen LogP contribution < -0.4 is 16.4 Å². The third-order valence-corrected chi connectivity index (χ3v) is 3.05. The van der Waals surface area contributed by atoms with E-state index in [1.807, 2.05) is 30.3 Å². The largest absolute Gasteiger partial charge is 0.337 e. The van der Waals surface area contributed by atoms with E-state index in [4.69, 9.17) is 5.73 Å². The molecule has 1 aliphatic rings. The number of hydrogen-bond acceptors (Lipinski definition) is 2. The molecule has 0 atom stereocenters. The van der Waals surface area contributed by atoms with Crippen molar-refractivity contribution in [3.8, 4) is 0 Å². The number of benzene rings is 1. The molecule has 16 heavy (non-hydrogen) atoms. The number of rotatable bonds is 4. The van der Waals surface area contributed by atoms with E-state index in [1.165, 1.54) is 0 Å². The molecule has 0 saturated heterocycles. The number of amides is 2. The van der Waals surface area contributed by atoms with Crippen LogP contribution in [0.4, 0.5) is 10.5 Å². The molecule has 0 bridgehead atoms. The Morgan fingerprint density at radius 2 is 2.00 bits per heavy atom. The van der Waals surface area contributed by atoms with Crippen LogP contribution in [0.25, 0.3) is 0 Å². The van der Waals surface area contributed by atoms with Gasteiger partial charge in [-0.1, -0.05) is 18.2 Å². The minimum Gasteiger partial charge on any atom is -0.337 e. The number of nitrogens with two attached hydrogens (primary N) is 1. The van der Waals surface area contributed by atoms with Crippen LogP contribution in [0, 0.1) is 5.41 Å². The number of hydrogen-bond donors (Lipinski definition) is 3. The zero-order valence-corrected chi connectivity index (χ0v) is 9.20. The van der Waals surface area contributed by atoms with Gasteiger partial charge in [-0.2, -0.15) is 0 Å². The van der Waals surface area contributed by atoms with Crippen molar-refractivity contribution in [3.05, 3.63) is 30.3 Å². The molecule has 1 aromatic rings.